The van der Waals surface area contributed by atoms with Crippen LogP contribution in [0.5, 0.6) is 0 Å². The third kappa shape index (κ3) is 7.73. The Bertz CT molecular complexity index is 6320. The van der Waals surface area contributed by atoms with Gasteiger partial charge in [0, 0.05) is 94.3 Å². The Kier molecular flexibility index (Phi) is 11.5. The Morgan fingerprint density at radius 2 is 0.536 bits per heavy atom. The van der Waals surface area contributed by atoms with Gasteiger partial charge in [0.15, 0.2) is 0 Å². The summed E-state index contributed by atoms with van der Waals surface area (Å²) in [7, 11) is 0. The van der Waals surface area contributed by atoms with Crippen LogP contribution in [0.3, 0.4) is 0 Å². The largest absolute Gasteiger partial charge is 0.311 e. The number of anilines is 6. The lowest BCUT2D eigenvalue weighted by Crippen LogP contribution is -2.61. The first kappa shape index (κ1) is 53.6. The molecule has 0 unspecified atom stereocenters. The minimum atomic E-state index is -0.176. The monoisotopic (exact) mass is 1230 g/mol. The van der Waals surface area contributed by atoms with Crippen LogP contribution < -0.4 is 26.2 Å². The number of fused-ring (bicyclic) bond motifs is 19. The lowest BCUT2D eigenvalue weighted by atomic mass is 9.33. The molecule has 0 saturated carbocycles. The summed E-state index contributed by atoms with van der Waals surface area (Å²) in [5, 5.41) is 9.69. The second-order valence-electron chi connectivity index (χ2n) is 25.9. The third-order valence-corrected chi connectivity index (χ3v) is 20.8. The van der Waals surface area contributed by atoms with E-state index in [1.54, 1.807) is 0 Å². The van der Waals surface area contributed by atoms with Crippen molar-refractivity contribution in [1.82, 2.24) is 18.3 Å². The fourth-order valence-electron chi connectivity index (χ4n) is 16.9. The van der Waals surface area contributed by atoms with E-state index >= 15 is 0 Å². The Labute approximate surface area is 559 Å². The lowest BCUT2D eigenvalue weighted by molar-refractivity contribution is 1.15. The molecular weight excluding hydrogens is 1180 g/mol. The maximum absolute atomic E-state index is 2.61. The van der Waals surface area contributed by atoms with Gasteiger partial charge in [-0.25, -0.2) is 0 Å². The van der Waals surface area contributed by atoms with E-state index in [-0.39, 0.29) is 6.71 Å². The van der Waals surface area contributed by atoms with Gasteiger partial charge in [0.25, 0.3) is 6.71 Å². The predicted octanol–water partition coefficient (Wildman–Crippen LogP) is 21.5. The van der Waals surface area contributed by atoms with E-state index in [4.69, 9.17) is 0 Å². The molecule has 0 N–H and O–H groups in total. The predicted molar refractivity (Wildman–Crippen MR) is 409 cm³/mol. The Morgan fingerprint density at radius 1 is 0.196 bits per heavy atom. The van der Waals surface area contributed by atoms with Crippen molar-refractivity contribution in [3.05, 3.63) is 346 Å². The average Bonchev–Trinajstić information content (AvgIpc) is 1.36. The topological polar surface area (TPSA) is 26.2 Å². The number of rotatable bonds is 8. The van der Waals surface area contributed by atoms with E-state index in [1.165, 1.54) is 81.6 Å². The zero-order valence-electron chi connectivity index (χ0n) is 52.7. The third-order valence-electron chi connectivity index (χ3n) is 20.8. The molecule has 19 aromatic rings. The molecule has 21 rings (SSSR count). The molecule has 0 spiro atoms. The highest BCUT2D eigenvalue weighted by Crippen LogP contribution is 2.53. The smallest absolute Gasteiger partial charge is 0.252 e. The maximum atomic E-state index is 2.61. The number of hydrogen-bond donors (Lipinski definition) is 0. The molecule has 4 aromatic heterocycles. The molecule has 15 aromatic carbocycles. The second kappa shape index (κ2) is 20.8. The quantitative estimate of drug-likeness (QED) is 0.142. The van der Waals surface area contributed by atoms with Crippen molar-refractivity contribution in [2.45, 2.75) is 0 Å². The Morgan fingerprint density at radius 3 is 1.02 bits per heavy atom. The van der Waals surface area contributed by atoms with Crippen molar-refractivity contribution in [3.63, 3.8) is 0 Å². The van der Waals surface area contributed by atoms with Crippen LogP contribution in [0.1, 0.15) is 0 Å². The van der Waals surface area contributed by atoms with Crippen molar-refractivity contribution in [2.75, 3.05) is 9.80 Å². The highest BCUT2D eigenvalue weighted by Gasteiger charge is 2.45. The first-order valence-electron chi connectivity index (χ1n) is 33.5. The van der Waals surface area contributed by atoms with Gasteiger partial charge in [0.1, 0.15) is 0 Å². The molecule has 0 aliphatic carbocycles. The molecule has 6 nitrogen and oxygen atoms in total. The first-order valence-corrected chi connectivity index (χ1v) is 33.5. The molecule has 97 heavy (non-hydrogen) atoms. The van der Waals surface area contributed by atoms with Gasteiger partial charge in [-0.1, -0.05) is 237 Å². The maximum Gasteiger partial charge on any atom is 0.252 e. The van der Waals surface area contributed by atoms with Crippen LogP contribution in [-0.2, 0) is 0 Å². The molecule has 0 fully saturated rings. The minimum absolute atomic E-state index is 0.176. The normalized spacial score (nSPS) is 12.7. The summed E-state index contributed by atoms with van der Waals surface area (Å²) in [6.45, 7) is -0.176. The van der Waals surface area contributed by atoms with E-state index in [9.17, 15) is 0 Å². The Hall–Kier alpha value is -12.8. The van der Waals surface area contributed by atoms with Crippen LogP contribution in [0.2, 0.25) is 0 Å². The van der Waals surface area contributed by atoms with Crippen LogP contribution in [-0.4, -0.2) is 25.0 Å². The second-order valence-corrected chi connectivity index (χ2v) is 25.9. The molecule has 0 saturated heterocycles. The standard InChI is InChI=1S/C90H57BN6/c1-6-27-58(28-7-1)60-31-26-38-65(53-60)93-80-54-61(59-29-8-2-9-30-59)49-51-73(80)91-74-52-50-66(55-81(74)92(62-32-10-3-11-33-62)82-56-67(57-83(93)87(82)91)94-75-44-21-16-39-68(75)69-40-17-22-45-76(69)94)97-79-48-25-20-43-72(79)86-89-84(70-41-18-23-46-77(70)95(89)63-34-12-4-13-35-63)88-85(90(86)97)71-42-19-24-47-78(71)96(88)64-36-14-5-15-37-64/h1-57H. The minimum Gasteiger partial charge on any atom is -0.311 e. The lowest BCUT2D eigenvalue weighted by Gasteiger charge is -2.44. The fraction of sp³-hybridized carbons (Fsp3) is 0. The van der Waals surface area contributed by atoms with E-state index < -0.39 is 0 Å². The fourth-order valence-corrected chi connectivity index (χ4v) is 16.9. The van der Waals surface area contributed by atoms with Crippen molar-refractivity contribution >= 4 is 144 Å². The zero-order chi connectivity index (χ0) is 63.4. The first-order chi connectivity index (χ1) is 48.2. The van der Waals surface area contributed by atoms with Gasteiger partial charge < -0.3 is 28.1 Å². The molecule has 0 radical (unpaired) electrons. The highest BCUT2D eigenvalue weighted by atomic mass is 15.2. The summed E-state index contributed by atoms with van der Waals surface area (Å²) in [6.07, 6.45) is 0. The van der Waals surface area contributed by atoms with Gasteiger partial charge in [0.05, 0.1) is 49.8 Å². The Balaban J connectivity index is 0.912. The van der Waals surface area contributed by atoms with Crippen LogP contribution in [0.25, 0.3) is 132 Å². The molecule has 0 amide bonds. The van der Waals surface area contributed by atoms with Gasteiger partial charge in [-0.2, -0.15) is 0 Å². The number of nitrogens with zero attached hydrogens (tertiary/aromatic N) is 6. The van der Waals surface area contributed by atoms with Crippen LogP contribution >= 0.6 is 0 Å². The zero-order valence-corrected chi connectivity index (χ0v) is 52.7. The molecule has 2 aliphatic heterocycles. The van der Waals surface area contributed by atoms with Crippen molar-refractivity contribution in [2.24, 2.45) is 0 Å². The van der Waals surface area contributed by atoms with Gasteiger partial charge in [0.2, 0.25) is 0 Å². The molecule has 6 heterocycles. The summed E-state index contributed by atoms with van der Waals surface area (Å²) < 4.78 is 10.2. The van der Waals surface area contributed by atoms with Gasteiger partial charge in [-0.05, 0) is 148 Å². The van der Waals surface area contributed by atoms with Crippen LogP contribution in [0.4, 0.5) is 34.1 Å². The highest BCUT2D eigenvalue weighted by molar-refractivity contribution is 7.00. The SMILES string of the molecule is c1ccc(-c2cccc(N3c4cc(-c5ccccc5)ccc4B4c5ccc(-n6c7ccccc7c7c8c(c9ccccc9n8-c8ccccc8)c8c(c9ccccc9n8-c8ccccc8)c76)cc5N(c5ccccc5)c5cc(-n6c7ccccc7c7ccccc76)cc3c54)c2)cc1. The molecule has 450 valence electrons. The van der Waals surface area contributed by atoms with E-state index in [0.717, 1.165) is 101 Å². The van der Waals surface area contributed by atoms with E-state index in [2.05, 4.69) is 374 Å². The molecule has 0 atom stereocenters. The molecule has 2 aliphatic rings. The molecule has 0 bridgehead atoms. The van der Waals surface area contributed by atoms with Crippen molar-refractivity contribution < 1.29 is 0 Å². The average molecular weight is 1230 g/mol. The number of para-hydroxylation sites is 8. The van der Waals surface area contributed by atoms with Crippen molar-refractivity contribution in [1.29, 1.82) is 0 Å². The van der Waals surface area contributed by atoms with Gasteiger partial charge >= 0.3 is 0 Å². The van der Waals surface area contributed by atoms with Gasteiger partial charge in [-0.3, -0.25) is 0 Å². The summed E-state index contributed by atoms with van der Waals surface area (Å²) in [5.41, 5.74) is 28.8. The summed E-state index contributed by atoms with van der Waals surface area (Å²) >= 11 is 0. The molecule has 7 heteroatoms. The van der Waals surface area contributed by atoms with Crippen LogP contribution in [0.15, 0.2) is 346 Å². The van der Waals surface area contributed by atoms with E-state index in [0.29, 0.717) is 0 Å². The van der Waals surface area contributed by atoms with Crippen LogP contribution in [0, 0.1) is 0 Å². The van der Waals surface area contributed by atoms with Gasteiger partial charge in [-0.15, -0.1) is 0 Å². The number of aromatic nitrogens is 4. The van der Waals surface area contributed by atoms with Crippen molar-refractivity contribution in [3.8, 4) is 45.0 Å². The summed E-state index contributed by atoms with van der Waals surface area (Å²) in [6, 6.07) is 129. The summed E-state index contributed by atoms with van der Waals surface area (Å²) in [4.78, 5) is 5.16. The number of benzene rings is 15. The number of hydrogen-bond acceptors (Lipinski definition) is 2. The molecular formula is C90H57BN6. The van der Waals surface area contributed by atoms with E-state index in [1.807, 2.05) is 0 Å². The summed E-state index contributed by atoms with van der Waals surface area (Å²) in [5.74, 6) is 0.